The maximum Gasteiger partial charge on any atom is 0.227 e. The molecule has 0 aliphatic rings. The summed E-state index contributed by atoms with van der Waals surface area (Å²) in [6, 6.07) is 9.80. The quantitative estimate of drug-likeness (QED) is 0.777. The lowest BCUT2D eigenvalue weighted by atomic mass is 10.2. The van der Waals surface area contributed by atoms with E-state index in [-0.39, 0.29) is 0 Å². The number of anilines is 2. The van der Waals surface area contributed by atoms with Gasteiger partial charge in [-0.15, -0.1) is 0 Å². The van der Waals surface area contributed by atoms with Crippen LogP contribution in [-0.4, -0.2) is 19.5 Å². The predicted molar refractivity (Wildman–Crippen MR) is 74.0 cm³/mol. The lowest BCUT2D eigenvalue weighted by Gasteiger charge is -2.07. The van der Waals surface area contributed by atoms with E-state index < -0.39 is 0 Å². The maximum absolute atomic E-state index is 4.34. The lowest BCUT2D eigenvalue weighted by molar-refractivity contribution is 0.925. The van der Waals surface area contributed by atoms with E-state index in [2.05, 4.69) is 20.3 Å². The van der Waals surface area contributed by atoms with Gasteiger partial charge in [-0.2, -0.15) is 0 Å². The summed E-state index contributed by atoms with van der Waals surface area (Å²) in [4.78, 5) is 12.6. The van der Waals surface area contributed by atoms with Crippen LogP contribution in [0.15, 0.2) is 55.1 Å². The van der Waals surface area contributed by atoms with Crippen molar-refractivity contribution >= 4 is 11.6 Å². The summed E-state index contributed by atoms with van der Waals surface area (Å²) in [5, 5.41) is 3.17. The number of hydrogen-bond donors (Lipinski definition) is 1. The van der Waals surface area contributed by atoms with E-state index >= 15 is 0 Å². The molecule has 1 aromatic carbocycles. The molecule has 5 nitrogen and oxygen atoms in total. The molecule has 0 aliphatic carbocycles. The smallest absolute Gasteiger partial charge is 0.227 e. The molecule has 3 rings (SSSR count). The first-order valence-electron chi connectivity index (χ1n) is 5.95. The topological polar surface area (TPSA) is 55.6 Å². The van der Waals surface area contributed by atoms with E-state index in [1.807, 2.05) is 42.1 Å². The second-order valence-electron chi connectivity index (χ2n) is 4.14. The molecule has 2 heterocycles. The molecule has 0 bridgehead atoms. The fourth-order valence-corrected chi connectivity index (χ4v) is 1.87. The highest BCUT2D eigenvalue weighted by atomic mass is 15.1. The first-order chi connectivity index (χ1) is 9.33. The summed E-state index contributed by atoms with van der Waals surface area (Å²) in [6.07, 6.45) is 7.13. The summed E-state index contributed by atoms with van der Waals surface area (Å²) >= 11 is 0. The minimum atomic E-state index is 0.583. The van der Waals surface area contributed by atoms with Crippen LogP contribution >= 0.6 is 0 Å². The summed E-state index contributed by atoms with van der Waals surface area (Å²) in [5.41, 5.74) is 1.99. The Labute approximate surface area is 111 Å². The van der Waals surface area contributed by atoms with Gasteiger partial charge in [0, 0.05) is 43.1 Å². The number of nitrogens with one attached hydrogen (secondary N) is 1. The van der Waals surface area contributed by atoms with Gasteiger partial charge in [-0.25, -0.2) is 15.0 Å². The molecular weight excluding hydrogens is 238 g/mol. The Bertz CT molecular complexity index is 675. The third-order valence-electron chi connectivity index (χ3n) is 2.76. The van der Waals surface area contributed by atoms with Crippen LogP contribution in [0.2, 0.25) is 0 Å². The number of nitrogens with zero attached hydrogens (tertiary/aromatic N) is 4. The molecule has 0 atom stereocenters. The van der Waals surface area contributed by atoms with E-state index in [1.54, 1.807) is 24.7 Å². The van der Waals surface area contributed by atoms with Gasteiger partial charge in [0.2, 0.25) is 5.95 Å². The molecule has 0 fully saturated rings. The van der Waals surface area contributed by atoms with E-state index in [0.29, 0.717) is 5.95 Å². The number of aromatic nitrogens is 4. The normalized spacial score (nSPS) is 10.4. The first kappa shape index (κ1) is 11.4. The van der Waals surface area contributed by atoms with Crippen LogP contribution in [0.5, 0.6) is 0 Å². The second kappa shape index (κ2) is 4.89. The molecule has 5 heteroatoms. The van der Waals surface area contributed by atoms with Crippen LogP contribution in [-0.2, 0) is 7.05 Å². The molecule has 1 N–H and O–H groups in total. The van der Waals surface area contributed by atoms with Gasteiger partial charge in [-0.1, -0.05) is 12.1 Å². The molecular formula is C14H13N5. The standard InChI is InChI=1S/C14H13N5/c1-19-9-8-15-13(19)11-4-2-5-12(10-11)18-14-16-6-3-7-17-14/h2-10H,1H3,(H,16,17,18). The van der Waals surface area contributed by atoms with Gasteiger partial charge in [0.05, 0.1) is 0 Å². The summed E-state index contributed by atoms with van der Waals surface area (Å²) in [5.74, 6) is 1.51. The zero-order chi connectivity index (χ0) is 13.1. The Morgan fingerprint density at radius 1 is 1.00 bits per heavy atom. The minimum Gasteiger partial charge on any atom is -0.334 e. The van der Waals surface area contributed by atoms with Gasteiger partial charge in [-0.3, -0.25) is 0 Å². The first-order valence-corrected chi connectivity index (χ1v) is 5.95. The van der Waals surface area contributed by atoms with Gasteiger partial charge in [0.1, 0.15) is 5.82 Å². The van der Waals surface area contributed by atoms with Crippen molar-refractivity contribution in [1.29, 1.82) is 0 Å². The molecule has 0 saturated heterocycles. The molecule has 0 amide bonds. The highest BCUT2D eigenvalue weighted by molar-refractivity contribution is 5.65. The van der Waals surface area contributed by atoms with E-state index in [0.717, 1.165) is 17.1 Å². The maximum atomic E-state index is 4.34. The largest absolute Gasteiger partial charge is 0.334 e. The van der Waals surface area contributed by atoms with Crippen LogP contribution in [0.1, 0.15) is 0 Å². The van der Waals surface area contributed by atoms with E-state index in [1.165, 1.54) is 0 Å². The van der Waals surface area contributed by atoms with Crippen LogP contribution in [0.3, 0.4) is 0 Å². The number of imidazole rings is 1. The third kappa shape index (κ3) is 2.44. The van der Waals surface area contributed by atoms with Crippen molar-refractivity contribution in [3.05, 3.63) is 55.1 Å². The minimum absolute atomic E-state index is 0.583. The highest BCUT2D eigenvalue weighted by Crippen LogP contribution is 2.21. The molecule has 3 aromatic rings. The Morgan fingerprint density at radius 3 is 2.58 bits per heavy atom. The summed E-state index contributed by atoms with van der Waals surface area (Å²) in [7, 11) is 1.97. The number of rotatable bonds is 3. The van der Waals surface area contributed by atoms with E-state index in [9.17, 15) is 0 Å². The molecule has 0 spiro atoms. The molecule has 2 aromatic heterocycles. The SMILES string of the molecule is Cn1ccnc1-c1cccc(Nc2ncccn2)c1. The second-order valence-corrected chi connectivity index (χ2v) is 4.14. The van der Waals surface area contributed by atoms with Gasteiger partial charge < -0.3 is 9.88 Å². The van der Waals surface area contributed by atoms with Gasteiger partial charge in [0.25, 0.3) is 0 Å². The van der Waals surface area contributed by atoms with Gasteiger partial charge >= 0.3 is 0 Å². The van der Waals surface area contributed by atoms with E-state index in [4.69, 9.17) is 0 Å². The van der Waals surface area contributed by atoms with Crippen LogP contribution in [0, 0.1) is 0 Å². The van der Waals surface area contributed by atoms with Crippen molar-refractivity contribution < 1.29 is 0 Å². The molecule has 19 heavy (non-hydrogen) atoms. The van der Waals surface area contributed by atoms with Gasteiger partial charge in [0.15, 0.2) is 0 Å². The Hall–Kier alpha value is -2.69. The predicted octanol–water partition coefficient (Wildman–Crippen LogP) is 2.62. The summed E-state index contributed by atoms with van der Waals surface area (Å²) in [6.45, 7) is 0. The zero-order valence-corrected chi connectivity index (χ0v) is 10.5. The van der Waals surface area contributed by atoms with Crippen LogP contribution in [0.4, 0.5) is 11.6 Å². The van der Waals surface area contributed by atoms with Crippen LogP contribution < -0.4 is 5.32 Å². The Balaban J connectivity index is 1.91. The average Bonchev–Trinajstić information content (AvgIpc) is 2.86. The highest BCUT2D eigenvalue weighted by Gasteiger charge is 2.04. The van der Waals surface area contributed by atoms with Crippen molar-refractivity contribution in [2.75, 3.05) is 5.32 Å². The molecule has 94 valence electrons. The van der Waals surface area contributed by atoms with Crippen molar-refractivity contribution in [3.63, 3.8) is 0 Å². The van der Waals surface area contributed by atoms with Crippen molar-refractivity contribution in [2.24, 2.45) is 7.05 Å². The van der Waals surface area contributed by atoms with Crippen molar-refractivity contribution in [2.45, 2.75) is 0 Å². The molecule has 0 aliphatic heterocycles. The fraction of sp³-hybridized carbons (Fsp3) is 0.0714. The molecule has 0 unspecified atom stereocenters. The number of benzene rings is 1. The zero-order valence-electron chi connectivity index (χ0n) is 10.5. The molecule has 0 radical (unpaired) electrons. The Kier molecular flexibility index (Phi) is 2.94. The third-order valence-corrected chi connectivity index (χ3v) is 2.76. The fourth-order valence-electron chi connectivity index (χ4n) is 1.87. The molecule has 0 saturated carbocycles. The number of aryl methyl sites for hydroxylation is 1. The Morgan fingerprint density at radius 2 is 1.84 bits per heavy atom. The van der Waals surface area contributed by atoms with Crippen molar-refractivity contribution in [1.82, 2.24) is 19.5 Å². The number of hydrogen-bond acceptors (Lipinski definition) is 4. The van der Waals surface area contributed by atoms with Crippen molar-refractivity contribution in [3.8, 4) is 11.4 Å². The van der Waals surface area contributed by atoms with Gasteiger partial charge in [-0.05, 0) is 18.2 Å². The van der Waals surface area contributed by atoms with Crippen LogP contribution in [0.25, 0.3) is 11.4 Å². The monoisotopic (exact) mass is 251 g/mol. The lowest BCUT2D eigenvalue weighted by Crippen LogP contribution is -1.97. The average molecular weight is 251 g/mol. The summed E-state index contributed by atoms with van der Waals surface area (Å²) < 4.78 is 1.98.